The van der Waals surface area contributed by atoms with Crippen molar-refractivity contribution in [1.29, 1.82) is 0 Å². The Morgan fingerprint density at radius 2 is 1.75 bits per heavy atom. The van der Waals surface area contributed by atoms with Gasteiger partial charge in [-0.2, -0.15) is 0 Å². The van der Waals surface area contributed by atoms with Crippen LogP contribution in [0.4, 0.5) is 0 Å². The van der Waals surface area contributed by atoms with Gasteiger partial charge >= 0.3 is 0 Å². The molecule has 0 heterocycles. The fourth-order valence-corrected chi connectivity index (χ4v) is 2.18. The van der Waals surface area contributed by atoms with Gasteiger partial charge in [-0.25, -0.2) is 0 Å². The van der Waals surface area contributed by atoms with Crippen LogP contribution in [0.15, 0.2) is 48.5 Å². The second kappa shape index (κ2) is 5.55. The quantitative estimate of drug-likeness (QED) is 0.905. The molecule has 1 saturated carbocycles. The number of aliphatic hydroxyl groups excluding tert-OH is 1. The Balaban J connectivity index is 1.80. The lowest BCUT2D eigenvalue weighted by atomic mass is 10.0. The lowest BCUT2D eigenvalue weighted by Gasteiger charge is -2.15. The van der Waals surface area contributed by atoms with E-state index >= 15 is 0 Å². The van der Waals surface area contributed by atoms with Crippen molar-refractivity contribution < 1.29 is 14.6 Å². The summed E-state index contributed by atoms with van der Waals surface area (Å²) in [6.07, 6.45) is 1.98. The van der Waals surface area contributed by atoms with Crippen molar-refractivity contribution in [1.82, 2.24) is 0 Å². The highest BCUT2D eigenvalue weighted by Gasteiger charge is 2.23. The molecule has 0 amide bonds. The minimum atomic E-state index is -0.693. The Kier molecular flexibility index (Phi) is 3.61. The number of rotatable bonds is 5. The maximum absolute atomic E-state index is 10.5. The average Bonchev–Trinajstić information content (AvgIpc) is 3.31. The summed E-state index contributed by atoms with van der Waals surface area (Å²) in [5.41, 5.74) is 1.60. The Hall–Kier alpha value is -2.00. The van der Waals surface area contributed by atoms with E-state index in [1.165, 1.54) is 0 Å². The molecule has 3 heteroatoms. The summed E-state index contributed by atoms with van der Waals surface area (Å²) in [7, 11) is 1.61. The Morgan fingerprint density at radius 3 is 2.40 bits per heavy atom. The molecule has 3 nitrogen and oxygen atoms in total. The van der Waals surface area contributed by atoms with E-state index in [2.05, 4.69) is 0 Å². The Labute approximate surface area is 118 Å². The first-order valence-corrected chi connectivity index (χ1v) is 6.85. The van der Waals surface area contributed by atoms with Gasteiger partial charge in [-0.1, -0.05) is 30.3 Å². The molecule has 0 aromatic heterocycles. The van der Waals surface area contributed by atoms with Crippen molar-refractivity contribution >= 4 is 0 Å². The van der Waals surface area contributed by atoms with Crippen molar-refractivity contribution in [2.24, 2.45) is 0 Å². The van der Waals surface area contributed by atoms with Crippen LogP contribution in [0.3, 0.4) is 0 Å². The molecule has 1 atom stereocenters. The maximum atomic E-state index is 10.5. The zero-order chi connectivity index (χ0) is 13.9. The molecule has 1 aliphatic rings. The van der Waals surface area contributed by atoms with Crippen LogP contribution in [0.25, 0.3) is 0 Å². The van der Waals surface area contributed by atoms with E-state index in [-0.39, 0.29) is 0 Å². The summed E-state index contributed by atoms with van der Waals surface area (Å²) < 4.78 is 11.0. The largest absolute Gasteiger partial charge is 0.496 e. The SMILES string of the molecule is COc1ccccc1C(O)c1ccc(OC2CC2)cc1. The van der Waals surface area contributed by atoms with Crippen molar-refractivity contribution in [2.45, 2.75) is 25.0 Å². The predicted molar refractivity (Wildman–Crippen MR) is 77.1 cm³/mol. The van der Waals surface area contributed by atoms with Crippen LogP contribution in [0, 0.1) is 0 Å². The highest BCUT2D eigenvalue weighted by molar-refractivity contribution is 5.41. The summed E-state index contributed by atoms with van der Waals surface area (Å²) >= 11 is 0. The monoisotopic (exact) mass is 270 g/mol. The smallest absolute Gasteiger partial charge is 0.125 e. The van der Waals surface area contributed by atoms with E-state index in [1.807, 2.05) is 48.5 Å². The highest BCUT2D eigenvalue weighted by Crippen LogP contribution is 2.31. The van der Waals surface area contributed by atoms with Gasteiger partial charge in [0.1, 0.15) is 17.6 Å². The summed E-state index contributed by atoms with van der Waals surface area (Å²) in [6, 6.07) is 15.1. The van der Waals surface area contributed by atoms with E-state index in [9.17, 15) is 5.11 Å². The van der Waals surface area contributed by atoms with Gasteiger partial charge in [-0.15, -0.1) is 0 Å². The molecule has 2 aromatic carbocycles. The van der Waals surface area contributed by atoms with Gasteiger partial charge in [0.15, 0.2) is 0 Å². The Morgan fingerprint density at radius 1 is 1.05 bits per heavy atom. The number of ether oxygens (including phenoxy) is 2. The molecule has 1 N–H and O–H groups in total. The van der Waals surface area contributed by atoms with Gasteiger partial charge in [0.2, 0.25) is 0 Å². The van der Waals surface area contributed by atoms with Crippen LogP contribution >= 0.6 is 0 Å². The van der Waals surface area contributed by atoms with Crippen LogP contribution in [-0.2, 0) is 0 Å². The topological polar surface area (TPSA) is 38.7 Å². The van der Waals surface area contributed by atoms with Crippen molar-refractivity contribution in [3.8, 4) is 11.5 Å². The van der Waals surface area contributed by atoms with E-state index in [0.717, 1.165) is 29.7 Å². The number of hydrogen-bond donors (Lipinski definition) is 1. The van der Waals surface area contributed by atoms with E-state index in [0.29, 0.717) is 11.9 Å². The van der Waals surface area contributed by atoms with Gasteiger partial charge in [0, 0.05) is 5.56 Å². The summed E-state index contributed by atoms with van der Waals surface area (Å²) in [6.45, 7) is 0. The molecule has 0 radical (unpaired) electrons. The third-order valence-corrected chi connectivity index (χ3v) is 3.46. The van der Waals surface area contributed by atoms with Crippen LogP contribution < -0.4 is 9.47 Å². The second-order valence-electron chi connectivity index (χ2n) is 5.03. The Bertz CT molecular complexity index is 573. The van der Waals surface area contributed by atoms with Crippen LogP contribution in [0.1, 0.15) is 30.1 Å². The molecular formula is C17H18O3. The first-order valence-electron chi connectivity index (χ1n) is 6.85. The fraction of sp³-hybridized carbons (Fsp3) is 0.294. The van der Waals surface area contributed by atoms with Gasteiger partial charge in [0.25, 0.3) is 0 Å². The fourth-order valence-electron chi connectivity index (χ4n) is 2.18. The molecule has 2 aromatic rings. The molecule has 0 aliphatic heterocycles. The number of para-hydroxylation sites is 1. The molecular weight excluding hydrogens is 252 g/mol. The van der Waals surface area contributed by atoms with Gasteiger partial charge in [-0.05, 0) is 36.6 Å². The molecule has 1 aliphatic carbocycles. The summed E-state index contributed by atoms with van der Waals surface area (Å²) in [4.78, 5) is 0. The molecule has 0 saturated heterocycles. The van der Waals surface area contributed by atoms with E-state index in [4.69, 9.17) is 9.47 Å². The molecule has 0 bridgehead atoms. The number of aliphatic hydroxyl groups is 1. The molecule has 1 unspecified atom stereocenters. The third-order valence-electron chi connectivity index (χ3n) is 3.46. The number of benzene rings is 2. The zero-order valence-corrected chi connectivity index (χ0v) is 11.5. The molecule has 0 spiro atoms. The first kappa shape index (κ1) is 13.0. The average molecular weight is 270 g/mol. The number of methoxy groups -OCH3 is 1. The van der Waals surface area contributed by atoms with Crippen LogP contribution in [0.5, 0.6) is 11.5 Å². The summed E-state index contributed by atoms with van der Waals surface area (Å²) in [5, 5.41) is 10.5. The lowest BCUT2D eigenvalue weighted by molar-refractivity contribution is 0.214. The van der Waals surface area contributed by atoms with Gasteiger partial charge in [0.05, 0.1) is 13.2 Å². The van der Waals surface area contributed by atoms with Gasteiger partial charge < -0.3 is 14.6 Å². The maximum Gasteiger partial charge on any atom is 0.125 e. The predicted octanol–water partition coefficient (Wildman–Crippen LogP) is 3.32. The third kappa shape index (κ3) is 2.78. The molecule has 1 fully saturated rings. The number of hydrogen-bond acceptors (Lipinski definition) is 3. The molecule has 104 valence electrons. The molecule has 3 rings (SSSR count). The van der Waals surface area contributed by atoms with E-state index in [1.54, 1.807) is 7.11 Å². The van der Waals surface area contributed by atoms with Gasteiger partial charge in [-0.3, -0.25) is 0 Å². The van der Waals surface area contributed by atoms with Crippen molar-refractivity contribution in [2.75, 3.05) is 7.11 Å². The lowest BCUT2D eigenvalue weighted by Crippen LogP contribution is -2.02. The van der Waals surface area contributed by atoms with Crippen molar-refractivity contribution in [3.05, 3.63) is 59.7 Å². The highest BCUT2D eigenvalue weighted by atomic mass is 16.5. The standard InChI is InChI=1S/C17H18O3/c1-19-16-5-3-2-4-15(16)17(18)12-6-8-13(9-7-12)20-14-10-11-14/h2-9,14,17-18H,10-11H2,1H3. The minimum Gasteiger partial charge on any atom is -0.496 e. The van der Waals surface area contributed by atoms with Crippen LogP contribution in [-0.4, -0.2) is 18.3 Å². The summed E-state index contributed by atoms with van der Waals surface area (Å²) in [5.74, 6) is 1.56. The van der Waals surface area contributed by atoms with Crippen molar-refractivity contribution in [3.63, 3.8) is 0 Å². The first-order chi connectivity index (χ1) is 9.78. The zero-order valence-electron chi connectivity index (χ0n) is 11.5. The normalized spacial score (nSPS) is 15.7. The van der Waals surface area contributed by atoms with E-state index < -0.39 is 6.10 Å². The second-order valence-corrected chi connectivity index (χ2v) is 5.03. The minimum absolute atomic E-state index is 0.389. The molecule has 20 heavy (non-hydrogen) atoms. The van der Waals surface area contributed by atoms with Crippen LogP contribution in [0.2, 0.25) is 0 Å².